The molecule has 1 aliphatic rings. The van der Waals surface area contributed by atoms with Gasteiger partial charge in [0.1, 0.15) is 0 Å². The van der Waals surface area contributed by atoms with Crippen LogP contribution in [0.15, 0.2) is 44.3 Å². The Hall–Kier alpha value is -2.43. The number of hydrogen-bond donors (Lipinski definition) is 0. The minimum absolute atomic E-state index is 0.140. The van der Waals surface area contributed by atoms with Gasteiger partial charge in [0.05, 0.1) is 25.0 Å². The summed E-state index contributed by atoms with van der Waals surface area (Å²) in [6.45, 7) is 0.737. The van der Waals surface area contributed by atoms with Crippen LogP contribution < -0.4 is 9.47 Å². The highest BCUT2D eigenvalue weighted by atomic mass is 32.2. The fourth-order valence-electron chi connectivity index (χ4n) is 3.39. The molecule has 1 aliphatic heterocycles. The maximum atomic E-state index is 13.2. The van der Waals surface area contributed by atoms with E-state index >= 15 is 0 Å². The second kappa shape index (κ2) is 8.13. The molecular weight excluding hydrogens is 414 g/mol. The highest BCUT2D eigenvalue weighted by Gasteiger charge is 2.33. The molecule has 154 valence electrons. The van der Waals surface area contributed by atoms with E-state index in [1.54, 1.807) is 17.4 Å². The molecule has 1 aromatic carbocycles. The molecule has 1 saturated heterocycles. The van der Waals surface area contributed by atoms with E-state index in [1.165, 1.54) is 30.7 Å². The molecule has 1 atom stereocenters. The van der Waals surface area contributed by atoms with Gasteiger partial charge in [0.15, 0.2) is 11.5 Å². The Kier molecular flexibility index (Phi) is 5.57. The number of thiophene rings is 1. The van der Waals surface area contributed by atoms with Gasteiger partial charge < -0.3 is 13.9 Å². The summed E-state index contributed by atoms with van der Waals surface area (Å²) in [7, 11) is -0.699. The third-order valence-corrected chi connectivity index (χ3v) is 7.48. The van der Waals surface area contributed by atoms with Crippen LogP contribution in [0.25, 0.3) is 11.5 Å². The van der Waals surface area contributed by atoms with Gasteiger partial charge in [0, 0.05) is 30.1 Å². The standard InChI is InChI=1S/C19H21N3O5S2/c1-25-16-6-5-15(10-17(16)26-2)29(23,24)22-8-3-4-13(11-22)18-20-21-19(27-18)14-7-9-28-12-14/h5-7,9-10,12-13H,3-4,8,11H2,1-2H3. The van der Waals surface area contributed by atoms with Crippen molar-refractivity contribution < 1.29 is 22.3 Å². The van der Waals surface area contributed by atoms with Crippen LogP contribution in [0.4, 0.5) is 0 Å². The predicted molar refractivity (Wildman–Crippen MR) is 108 cm³/mol. The zero-order valence-corrected chi connectivity index (χ0v) is 17.7. The largest absolute Gasteiger partial charge is 0.493 e. The lowest BCUT2D eigenvalue weighted by atomic mass is 10.00. The number of sulfonamides is 1. The molecule has 3 heterocycles. The van der Waals surface area contributed by atoms with Crippen LogP contribution in [0.5, 0.6) is 11.5 Å². The van der Waals surface area contributed by atoms with E-state index in [2.05, 4.69) is 10.2 Å². The molecule has 0 N–H and O–H groups in total. The van der Waals surface area contributed by atoms with Gasteiger partial charge in [-0.25, -0.2) is 8.42 Å². The highest BCUT2D eigenvalue weighted by molar-refractivity contribution is 7.89. The first-order chi connectivity index (χ1) is 14.0. The van der Waals surface area contributed by atoms with E-state index in [0.29, 0.717) is 42.8 Å². The molecule has 0 amide bonds. The third kappa shape index (κ3) is 3.87. The van der Waals surface area contributed by atoms with Crippen molar-refractivity contribution in [3.63, 3.8) is 0 Å². The van der Waals surface area contributed by atoms with Gasteiger partial charge in [-0.05, 0) is 36.4 Å². The van der Waals surface area contributed by atoms with E-state index in [1.807, 2.05) is 16.8 Å². The summed E-state index contributed by atoms with van der Waals surface area (Å²) in [6.07, 6.45) is 1.51. The van der Waals surface area contributed by atoms with E-state index in [-0.39, 0.29) is 10.8 Å². The van der Waals surface area contributed by atoms with Gasteiger partial charge in [0.2, 0.25) is 21.8 Å². The summed E-state index contributed by atoms with van der Waals surface area (Å²) in [5, 5.41) is 12.2. The van der Waals surface area contributed by atoms with Gasteiger partial charge in [-0.2, -0.15) is 15.6 Å². The number of ether oxygens (including phenoxy) is 2. The highest BCUT2D eigenvalue weighted by Crippen LogP contribution is 2.34. The van der Waals surface area contributed by atoms with E-state index in [4.69, 9.17) is 13.9 Å². The summed E-state index contributed by atoms with van der Waals surface area (Å²) in [4.78, 5) is 0.167. The molecule has 8 nitrogen and oxygen atoms in total. The Labute approximate surface area is 173 Å². The summed E-state index contributed by atoms with van der Waals surface area (Å²) in [5.74, 6) is 1.65. The van der Waals surface area contributed by atoms with Crippen LogP contribution in [-0.4, -0.2) is 50.2 Å². The fourth-order valence-corrected chi connectivity index (χ4v) is 5.56. The lowest BCUT2D eigenvalue weighted by Gasteiger charge is -2.30. The quantitative estimate of drug-likeness (QED) is 0.586. The molecular formula is C19H21N3O5S2. The summed E-state index contributed by atoms with van der Waals surface area (Å²) in [5.41, 5.74) is 0.874. The Morgan fingerprint density at radius 3 is 2.72 bits per heavy atom. The fraction of sp³-hybridized carbons (Fsp3) is 0.368. The first-order valence-electron chi connectivity index (χ1n) is 9.11. The lowest BCUT2D eigenvalue weighted by molar-refractivity contribution is 0.286. The molecule has 0 bridgehead atoms. The second-order valence-electron chi connectivity index (χ2n) is 6.68. The Morgan fingerprint density at radius 1 is 1.17 bits per heavy atom. The SMILES string of the molecule is COc1ccc(S(=O)(=O)N2CCCC(c3nnc(-c4ccsc4)o3)C2)cc1OC. The van der Waals surface area contributed by atoms with Crippen molar-refractivity contribution in [1.29, 1.82) is 0 Å². The molecule has 2 aromatic heterocycles. The topological polar surface area (TPSA) is 94.8 Å². The van der Waals surface area contributed by atoms with Crippen molar-refractivity contribution in [3.05, 3.63) is 40.9 Å². The van der Waals surface area contributed by atoms with Crippen molar-refractivity contribution in [2.24, 2.45) is 0 Å². The number of methoxy groups -OCH3 is 2. The average Bonchev–Trinajstić information content (AvgIpc) is 3.45. The number of piperidine rings is 1. The minimum atomic E-state index is -3.69. The summed E-state index contributed by atoms with van der Waals surface area (Å²) >= 11 is 1.55. The first-order valence-corrected chi connectivity index (χ1v) is 11.5. The normalized spacial score (nSPS) is 17.9. The van der Waals surface area contributed by atoms with Crippen molar-refractivity contribution in [3.8, 4) is 23.0 Å². The van der Waals surface area contributed by atoms with Crippen LogP contribution in [-0.2, 0) is 10.0 Å². The van der Waals surface area contributed by atoms with Crippen LogP contribution >= 0.6 is 11.3 Å². The molecule has 0 saturated carbocycles. The van der Waals surface area contributed by atoms with Gasteiger partial charge in [-0.3, -0.25) is 0 Å². The second-order valence-corrected chi connectivity index (χ2v) is 9.39. The molecule has 0 spiro atoms. The monoisotopic (exact) mass is 435 g/mol. The smallest absolute Gasteiger partial charge is 0.248 e. The van der Waals surface area contributed by atoms with Crippen molar-refractivity contribution >= 4 is 21.4 Å². The zero-order chi connectivity index (χ0) is 20.4. The lowest BCUT2D eigenvalue weighted by Crippen LogP contribution is -2.39. The molecule has 1 fully saturated rings. The minimum Gasteiger partial charge on any atom is -0.493 e. The van der Waals surface area contributed by atoms with Crippen molar-refractivity contribution in [2.45, 2.75) is 23.7 Å². The summed E-state index contributed by atoms with van der Waals surface area (Å²) in [6, 6.07) is 6.52. The molecule has 0 radical (unpaired) electrons. The molecule has 4 rings (SSSR count). The van der Waals surface area contributed by atoms with Gasteiger partial charge in [-0.1, -0.05) is 0 Å². The number of hydrogen-bond acceptors (Lipinski definition) is 8. The van der Waals surface area contributed by atoms with Crippen LogP contribution in [0.1, 0.15) is 24.7 Å². The zero-order valence-electron chi connectivity index (χ0n) is 16.1. The van der Waals surface area contributed by atoms with Gasteiger partial charge >= 0.3 is 0 Å². The van der Waals surface area contributed by atoms with Crippen molar-refractivity contribution in [2.75, 3.05) is 27.3 Å². The Balaban J connectivity index is 1.56. The van der Waals surface area contributed by atoms with E-state index in [9.17, 15) is 8.42 Å². The van der Waals surface area contributed by atoms with Crippen LogP contribution in [0.2, 0.25) is 0 Å². The maximum absolute atomic E-state index is 13.2. The maximum Gasteiger partial charge on any atom is 0.248 e. The van der Waals surface area contributed by atoms with E-state index in [0.717, 1.165) is 12.0 Å². The first kappa shape index (κ1) is 19.9. The average molecular weight is 436 g/mol. The molecule has 1 unspecified atom stereocenters. The third-order valence-electron chi connectivity index (χ3n) is 4.93. The predicted octanol–water partition coefficient (Wildman–Crippen LogP) is 3.38. The Bertz CT molecular complexity index is 1080. The van der Waals surface area contributed by atoms with Crippen LogP contribution in [0, 0.1) is 0 Å². The molecule has 3 aromatic rings. The molecule has 0 aliphatic carbocycles. The number of benzene rings is 1. The van der Waals surface area contributed by atoms with Crippen LogP contribution in [0.3, 0.4) is 0 Å². The number of nitrogens with zero attached hydrogens (tertiary/aromatic N) is 3. The summed E-state index contributed by atoms with van der Waals surface area (Å²) < 4.78 is 44.1. The van der Waals surface area contributed by atoms with Crippen molar-refractivity contribution in [1.82, 2.24) is 14.5 Å². The Morgan fingerprint density at radius 2 is 2.00 bits per heavy atom. The molecule has 10 heteroatoms. The van der Waals surface area contributed by atoms with Gasteiger partial charge in [0.25, 0.3) is 0 Å². The number of rotatable bonds is 6. The number of aromatic nitrogens is 2. The van der Waals surface area contributed by atoms with Gasteiger partial charge in [-0.15, -0.1) is 10.2 Å². The van der Waals surface area contributed by atoms with E-state index < -0.39 is 10.0 Å². The molecule has 29 heavy (non-hydrogen) atoms.